The summed E-state index contributed by atoms with van der Waals surface area (Å²) < 4.78 is 0. The average Bonchev–Trinajstić information content (AvgIpc) is 2.48. The molecular formula is C14H23NS. The Kier molecular flexibility index (Phi) is 3.41. The molecule has 1 aliphatic carbocycles. The van der Waals surface area contributed by atoms with Crippen LogP contribution in [0.15, 0.2) is 11.4 Å². The van der Waals surface area contributed by atoms with Crippen molar-refractivity contribution in [2.75, 3.05) is 6.54 Å². The van der Waals surface area contributed by atoms with Gasteiger partial charge in [-0.25, -0.2) is 0 Å². The van der Waals surface area contributed by atoms with Crippen molar-refractivity contribution in [3.8, 4) is 0 Å². The van der Waals surface area contributed by atoms with Gasteiger partial charge >= 0.3 is 0 Å². The Balaban J connectivity index is 1.92. The topological polar surface area (TPSA) is 12.0 Å². The number of rotatable bonds is 3. The fraction of sp³-hybridized carbons (Fsp3) is 0.714. The molecule has 1 saturated carbocycles. The van der Waals surface area contributed by atoms with Gasteiger partial charge in [0.25, 0.3) is 0 Å². The van der Waals surface area contributed by atoms with Crippen LogP contribution in [0.4, 0.5) is 0 Å². The lowest BCUT2D eigenvalue weighted by atomic mass is 9.72. The highest BCUT2D eigenvalue weighted by molar-refractivity contribution is 7.10. The normalized spacial score (nSPS) is 25.5. The number of thiophene rings is 1. The summed E-state index contributed by atoms with van der Waals surface area (Å²) in [5.41, 5.74) is 1.75. The molecule has 0 spiro atoms. The third kappa shape index (κ3) is 2.67. The van der Waals surface area contributed by atoms with Gasteiger partial charge in [0, 0.05) is 10.4 Å². The van der Waals surface area contributed by atoms with E-state index in [-0.39, 0.29) is 5.54 Å². The van der Waals surface area contributed by atoms with Crippen LogP contribution in [0.2, 0.25) is 0 Å². The summed E-state index contributed by atoms with van der Waals surface area (Å²) in [5.74, 6) is 1.69. The molecule has 0 aromatic carbocycles. The first-order valence-electron chi connectivity index (χ1n) is 6.26. The van der Waals surface area contributed by atoms with E-state index in [1.165, 1.54) is 24.9 Å². The van der Waals surface area contributed by atoms with Crippen molar-refractivity contribution >= 4 is 11.3 Å². The Morgan fingerprint density at radius 3 is 2.56 bits per heavy atom. The number of hydrogen-bond acceptors (Lipinski definition) is 2. The lowest BCUT2D eigenvalue weighted by molar-refractivity contribution is 0.228. The van der Waals surface area contributed by atoms with Gasteiger partial charge in [-0.15, -0.1) is 11.3 Å². The second kappa shape index (κ2) is 4.50. The second-order valence-electron chi connectivity index (χ2n) is 6.04. The van der Waals surface area contributed by atoms with Crippen LogP contribution in [0, 0.1) is 12.8 Å². The van der Waals surface area contributed by atoms with Crippen molar-refractivity contribution < 1.29 is 0 Å². The molecule has 1 N–H and O–H groups in total. The number of nitrogens with one attached hydrogen (secondary N) is 1. The highest BCUT2D eigenvalue weighted by Crippen LogP contribution is 2.45. The van der Waals surface area contributed by atoms with Crippen molar-refractivity contribution in [1.82, 2.24) is 5.32 Å². The molecule has 0 radical (unpaired) electrons. The summed E-state index contributed by atoms with van der Waals surface area (Å²) in [6.45, 7) is 10.2. The van der Waals surface area contributed by atoms with E-state index in [0.717, 1.165) is 11.8 Å². The first-order valence-corrected chi connectivity index (χ1v) is 7.14. The first-order chi connectivity index (χ1) is 7.47. The highest BCUT2D eigenvalue weighted by atomic mass is 32.1. The number of hydrogen-bond donors (Lipinski definition) is 1. The minimum Gasteiger partial charge on any atom is -0.312 e. The fourth-order valence-electron chi connectivity index (χ4n) is 2.36. The van der Waals surface area contributed by atoms with Gasteiger partial charge in [-0.05, 0) is 75.9 Å². The van der Waals surface area contributed by atoms with E-state index in [2.05, 4.69) is 44.5 Å². The molecule has 2 heteroatoms. The molecular weight excluding hydrogens is 214 g/mol. The molecule has 1 fully saturated rings. The van der Waals surface area contributed by atoms with Crippen molar-refractivity contribution in [2.45, 2.75) is 52.0 Å². The zero-order valence-corrected chi connectivity index (χ0v) is 11.7. The smallest absolute Gasteiger partial charge is 0.0109 e. The van der Waals surface area contributed by atoms with E-state index in [1.807, 2.05) is 11.3 Å². The minimum absolute atomic E-state index is 0.255. The van der Waals surface area contributed by atoms with Gasteiger partial charge in [0.2, 0.25) is 0 Å². The van der Waals surface area contributed by atoms with Crippen LogP contribution in [0.1, 0.15) is 50.0 Å². The maximum absolute atomic E-state index is 3.64. The Bertz CT molecular complexity index is 348. The monoisotopic (exact) mass is 237 g/mol. The van der Waals surface area contributed by atoms with E-state index in [1.54, 1.807) is 4.88 Å². The summed E-state index contributed by atoms with van der Waals surface area (Å²) in [6.07, 6.45) is 2.78. The van der Waals surface area contributed by atoms with Gasteiger partial charge in [-0.2, -0.15) is 0 Å². The molecule has 16 heavy (non-hydrogen) atoms. The first kappa shape index (κ1) is 12.1. The van der Waals surface area contributed by atoms with Crippen LogP contribution in [-0.2, 0) is 0 Å². The minimum atomic E-state index is 0.255. The SMILES string of the molecule is Cc1ccsc1C1CCC1CNC(C)(C)C. The molecule has 0 bridgehead atoms. The maximum Gasteiger partial charge on any atom is 0.0109 e. The largest absolute Gasteiger partial charge is 0.312 e. The summed E-state index contributed by atoms with van der Waals surface area (Å²) >= 11 is 1.94. The zero-order chi connectivity index (χ0) is 11.8. The van der Waals surface area contributed by atoms with Crippen LogP contribution in [-0.4, -0.2) is 12.1 Å². The molecule has 0 saturated heterocycles. The summed E-state index contributed by atoms with van der Waals surface area (Å²) in [6, 6.07) is 2.26. The average molecular weight is 237 g/mol. The van der Waals surface area contributed by atoms with Crippen molar-refractivity contribution in [3.63, 3.8) is 0 Å². The van der Waals surface area contributed by atoms with Crippen LogP contribution in [0.5, 0.6) is 0 Å². The summed E-state index contributed by atoms with van der Waals surface area (Å²) in [4.78, 5) is 1.63. The molecule has 0 aliphatic heterocycles. The van der Waals surface area contributed by atoms with Gasteiger partial charge in [-0.3, -0.25) is 0 Å². The van der Waals surface area contributed by atoms with E-state index >= 15 is 0 Å². The Hall–Kier alpha value is -0.340. The van der Waals surface area contributed by atoms with Gasteiger partial charge in [0.1, 0.15) is 0 Å². The fourth-order valence-corrected chi connectivity index (χ4v) is 3.52. The summed E-state index contributed by atoms with van der Waals surface area (Å²) in [7, 11) is 0. The lowest BCUT2D eigenvalue weighted by Gasteiger charge is -2.38. The van der Waals surface area contributed by atoms with Crippen LogP contribution >= 0.6 is 11.3 Å². The van der Waals surface area contributed by atoms with Crippen molar-refractivity contribution in [2.24, 2.45) is 5.92 Å². The highest BCUT2D eigenvalue weighted by Gasteiger charge is 2.33. The molecule has 0 amide bonds. The van der Waals surface area contributed by atoms with Crippen molar-refractivity contribution in [3.05, 3.63) is 21.9 Å². The third-order valence-electron chi connectivity index (χ3n) is 3.55. The van der Waals surface area contributed by atoms with Crippen molar-refractivity contribution in [1.29, 1.82) is 0 Å². The van der Waals surface area contributed by atoms with Gasteiger partial charge in [0.05, 0.1) is 0 Å². The Morgan fingerprint density at radius 1 is 1.38 bits per heavy atom. The molecule has 1 aliphatic rings. The van der Waals surface area contributed by atoms with E-state index < -0.39 is 0 Å². The van der Waals surface area contributed by atoms with E-state index in [0.29, 0.717) is 0 Å². The molecule has 2 unspecified atom stereocenters. The zero-order valence-electron chi connectivity index (χ0n) is 10.8. The molecule has 1 heterocycles. The summed E-state index contributed by atoms with van der Waals surface area (Å²) in [5, 5.41) is 5.87. The van der Waals surface area contributed by atoms with Gasteiger partial charge < -0.3 is 5.32 Å². The van der Waals surface area contributed by atoms with Crippen LogP contribution in [0.25, 0.3) is 0 Å². The predicted octanol–water partition coefficient (Wildman–Crippen LogP) is 3.94. The molecule has 1 aromatic rings. The molecule has 1 nitrogen and oxygen atoms in total. The molecule has 90 valence electrons. The standard InChI is InChI=1S/C14H23NS/c1-10-7-8-16-13(10)12-6-5-11(12)9-15-14(2,3)4/h7-8,11-12,15H,5-6,9H2,1-4H3. The van der Waals surface area contributed by atoms with Gasteiger partial charge in [-0.1, -0.05) is 0 Å². The van der Waals surface area contributed by atoms with E-state index in [4.69, 9.17) is 0 Å². The van der Waals surface area contributed by atoms with Crippen LogP contribution < -0.4 is 5.32 Å². The maximum atomic E-state index is 3.64. The second-order valence-corrected chi connectivity index (χ2v) is 6.99. The third-order valence-corrected chi connectivity index (χ3v) is 4.70. The Labute approximate surface area is 103 Å². The van der Waals surface area contributed by atoms with E-state index in [9.17, 15) is 0 Å². The predicted molar refractivity (Wildman–Crippen MR) is 72.3 cm³/mol. The number of aryl methyl sites for hydroxylation is 1. The Morgan fingerprint density at radius 2 is 2.12 bits per heavy atom. The molecule has 1 aromatic heterocycles. The van der Waals surface area contributed by atoms with Crippen LogP contribution in [0.3, 0.4) is 0 Å². The molecule has 2 rings (SSSR count). The quantitative estimate of drug-likeness (QED) is 0.839. The van der Waals surface area contributed by atoms with Gasteiger partial charge in [0.15, 0.2) is 0 Å². The molecule has 2 atom stereocenters. The lowest BCUT2D eigenvalue weighted by Crippen LogP contribution is -2.42.